The largest absolute Gasteiger partial charge is 0.486 e. The number of anilines is 1. The molecule has 1 N–H and O–H groups in total. The Hall–Kier alpha value is -2.83. The Morgan fingerprint density at radius 2 is 2.04 bits per heavy atom. The average Bonchev–Trinajstić information content (AvgIpc) is 3.11. The van der Waals surface area contributed by atoms with Crippen molar-refractivity contribution in [3.63, 3.8) is 0 Å². The van der Waals surface area contributed by atoms with Gasteiger partial charge in [0.2, 0.25) is 11.8 Å². The molecule has 0 radical (unpaired) electrons. The lowest BCUT2D eigenvalue weighted by Gasteiger charge is -2.34. The summed E-state index contributed by atoms with van der Waals surface area (Å²) in [7, 11) is 1.92. The van der Waals surface area contributed by atoms with Crippen LogP contribution < -0.4 is 10.1 Å². The number of likely N-dealkylation sites (tertiary alicyclic amines) is 1. The van der Waals surface area contributed by atoms with Gasteiger partial charge in [-0.2, -0.15) is 0 Å². The van der Waals surface area contributed by atoms with Gasteiger partial charge in [0.05, 0.1) is 0 Å². The Balaban J connectivity index is 1.57. The van der Waals surface area contributed by atoms with Crippen LogP contribution in [0.4, 0.5) is 5.69 Å². The standard InChI is InChI=1S/C20H26N4O3/c1-3-19(25)24-12-5-4-6-17(24)20(26)22-15-7-9-16(10-8-15)27-14-18-21-11-13-23(18)2/h7-11,13,17H,3-6,12,14H2,1-2H3,(H,22,26). The van der Waals surface area contributed by atoms with Crippen LogP contribution in [0.3, 0.4) is 0 Å². The second kappa shape index (κ2) is 8.70. The second-order valence-corrected chi connectivity index (χ2v) is 6.71. The van der Waals surface area contributed by atoms with Gasteiger partial charge >= 0.3 is 0 Å². The number of ether oxygens (including phenoxy) is 1. The molecule has 0 spiro atoms. The fourth-order valence-electron chi connectivity index (χ4n) is 3.25. The zero-order chi connectivity index (χ0) is 19.2. The minimum Gasteiger partial charge on any atom is -0.486 e. The van der Waals surface area contributed by atoms with Crippen molar-refractivity contribution >= 4 is 17.5 Å². The van der Waals surface area contributed by atoms with E-state index in [1.54, 1.807) is 23.2 Å². The summed E-state index contributed by atoms with van der Waals surface area (Å²) in [6.45, 7) is 2.87. The van der Waals surface area contributed by atoms with Crippen molar-refractivity contribution in [3.05, 3.63) is 42.5 Å². The molecule has 2 amide bonds. The zero-order valence-electron chi connectivity index (χ0n) is 15.9. The highest BCUT2D eigenvalue weighted by Crippen LogP contribution is 2.21. The number of piperidine rings is 1. The summed E-state index contributed by atoms with van der Waals surface area (Å²) < 4.78 is 7.63. The van der Waals surface area contributed by atoms with Gasteiger partial charge in [0.1, 0.15) is 24.2 Å². The molecule has 1 saturated heterocycles. The van der Waals surface area contributed by atoms with Crippen molar-refractivity contribution in [2.45, 2.75) is 45.3 Å². The van der Waals surface area contributed by atoms with Gasteiger partial charge < -0.3 is 19.5 Å². The number of benzene rings is 1. The molecule has 1 aromatic heterocycles. The van der Waals surface area contributed by atoms with Crippen LogP contribution in [0.15, 0.2) is 36.7 Å². The fourth-order valence-corrected chi connectivity index (χ4v) is 3.25. The summed E-state index contributed by atoms with van der Waals surface area (Å²) in [4.78, 5) is 30.7. The number of aromatic nitrogens is 2. The fraction of sp³-hybridized carbons (Fsp3) is 0.450. The first kappa shape index (κ1) is 18.9. The first-order valence-electron chi connectivity index (χ1n) is 9.38. The topological polar surface area (TPSA) is 76.5 Å². The third kappa shape index (κ3) is 4.67. The Kier molecular flexibility index (Phi) is 6.11. The predicted octanol–water partition coefficient (Wildman–Crippen LogP) is 2.73. The van der Waals surface area contributed by atoms with Gasteiger partial charge in [-0.3, -0.25) is 9.59 Å². The molecule has 27 heavy (non-hydrogen) atoms. The van der Waals surface area contributed by atoms with Gasteiger partial charge in [0, 0.05) is 38.1 Å². The lowest BCUT2D eigenvalue weighted by molar-refractivity contribution is -0.140. The Morgan fingerprint density at radius 1 is 1.26 bits per heavy atom. The van der Waals surface area contributed by atoms with Gasteiger partial charge in [0.25, 0.3) is 0 Å². The molecule has 1 aromatic carbocycles. The lowest BCUT2D eigenvalue weighted by Crippen LogP contribution is -2.49. The SMILES string of the molecule is CCC(=O)N1CCCCC1C(=O)Nc1ccc(OCc2nccn2C)cc1. The minimum absolute atomic E-state index is 0.0351. The first-order chi connectivity index (χ1) is 13.1. The van der Waals surface area contributed by atoms with Crippen LogP contribution >= 0.6 is 0 Å². The van der Waals surface area contributed by atoms with Crippen molar-refractivity contribution in [1.82, 2.24) is 14.5 Å². The van der Waals surface area contributed by atoms with E-state index in [2.05, 4.69) is 10.3 Å². The van der Waals surface area contributed by atoms with E-state index in [0.29, 0.717) is 37.4 Å². The van der Waals surface area contributed by atoms with Crippen LogP contribution in [0.1, 0.15) is 38.4 Å². The number of carbonyl (C=O) groups excluding carboxylic acids is 2. The monoisotopic (exact) mass is 370 g/mol. The van der Waals surface area contributed by atoms with E-state index in [0.717, 1.165) is 18.7 Å². The third-order valence-electron chi connectivity index (χ3n) is 4.84. The van der Waals surface area contributed by atoms with Crippen LogP contribution in [-0.4, -0.2) is 38.9 Å². The Labute approximate surface area is 159 Å². The Morgan fingerprint density at radius 3 is 2.70 bits per heavy atom. The van der Waals surface area contributed by atoms with E-state index in [1.807, 2.05) is 36.9 Å². The number of hydrogen-bond donors (Lipinski definition) is 1. The molecule has 7 heteroatoms. The highest BCUT2D eigenvalue weighted by Gasteiger charge is 2.31. The molecular formula is C20H26N4O3. The number of nitrogens with one attached hydrogen (secondary N) is 1. The predicted molar refractivity (Wildman–Crippen MR) is 102 cm³/mol. The minimum atomic E-state index is -0.384. The van der Waals surface area contributed by atoms with Gasteiger partial charge in [-0.15, -0.1) is 0 Å². The molecule has 0 bridgehead atoms. The summed E-state index contributed by atoms with van der Waals surface area (Å²) in [5.41, 5.74) is 0.693. The molecule has 3 rings (SSSR count). The maximum atomic E-state index is 12.7. The van der Waals surface area contributed by atoms with E-state index in [9.17, 15) is 9.59 Å². The lowest BCUT2D eigenvalue weighted by atomic mass is 10.0. The number of amides is 2. The molecule has 1 aliphatic heterocycles. The average molecular weight is 370 g/mol. The van der Waals surface area contributed by atoms with Crippen molar-refractivity contribution in [3.8, 4) is 5.75 Å². The van der Waals surface area contributed by atoms with Crippen molar-refractivity contribution in [2.24, 2.45) is 7.05 Å². The molecule has 7 nitrogen and oxygen atoms in total. The van der Waals surface area contributed by atoms with E-state index < -0.39 is 0 Å². The maximum Gasteiger partial charge on any atom is 0.247 e. The summed E-state index contributed by atoms with van der Waals surface area (Å²) in [6.07, 6.45) is 6.65. The summed E-state index contributed by atoms with van der Waals surface area (Å²) >= 11 is 0. The van der Waals surface area contributed by atoms with E-state index in [-0.39, 0.29) is 17.9 Å². The van der Waals surface area contributed by atoms with E-state index in [4.69, 9.17) is 4.74 Å². The molecule has 2 heterocycles. The maximum absolute atomic E-state index is 12.7. The first-order valence-corrected chi connectivity index (χ1v) is 9.38. The van der Waals surface area contributed by atoms with Crippen molar-refractivity contribution in [2.75, 3.05) is 11.9 Å². The second-order valence-electron chi connectivity index (χ2n) is 6.71. The number of rotatable bonds is 6. The number of carbonyl (C=O) groups is 2. The van der Waals surface area contributed by atoms with Crippen LogP contribution in [0.25, 0.3) is 0 Å². The molecule has 2 aromatic rings. The molecule has 1 aliphatic rings. The summed E-state index contributed by atoms with van der Waals surface area (Å²) in [5, 5.41) is 2.92. The highest BCUT2D eigenvalue weighted by molar-refractivity contribution is 5.97. The smallest absolute Gasteiger partial charge is 0.247 e. The van der Waals surface area contributed by atoms with E-state index in [1.165, 1.54) is 0 Å². The van der Waals surface area contributed by atoms with E-state index >= 15 is 0 Å². The van der Waals surface area contributed by atoms with Crippen LogP contribution in [0, 0.1) is 0 Å². The van der Waals surface area contributed by atoms with Crippen LogP contribution in [-0.2, 0) is 23.2 Å². The van der Waals surface area contributed by atoms with Crippen LogP contribution in [0.2, 0.25) is 0 Å². The number of hydrogen-bond acceptors (Lipinski definition) is 4. The normalized spacial score (nSPS) is 16.8. The molecule has 1 fully saturated rings. The Bertz CT molecular complexity index is 785. The molecule has 1 unspecified atom stereocenters. The summed E-state index contributed by atoms with van der Waals surface area (Å²) in [6, 6.07) is 6.86. The summed E-state index contributed by atoms with van der Waals surface area (Å²) in [5.74, 6) is 1.45. The van der Waals surface area contributed by atoms with Gasteiger partial charge in [-0.25, -0.2) is 4.98 Å². The molecule has 0 aliphatic carbocycles. The molecule has 0 saturated carbocycles. The quantitative estimate of drug-likeness (QED) is 0.848. The third-order valence-corrected chi connectivity index (χ3v) is 4.84. The number of imidazole rings is 1. The molecule has 1 atom stereocenters. The van der Waals surface area contributed by atoms with Crippen molar-refractivity contribution in [1.29, 1.82) is 0 Å². The molecule has 144 valence electrons. The zero-order valence-corrected chi connectivity index (χ0v) is 15.9. The number of aryl methyl sites for hydroxylation is 1. The van der Waals surface area contributed by atoms with Crippen molar-refractivity contribution < 1.29 is 14.3 Å². The van der Waals surface area contributed by atoms with Crippen LogP contribution in [0.5, 0.6) is 5.75 Å². The van der Waals surface area contributed by atoms with Gasteiger partial charge in [-0.1, -0.05) is 6.92 Å². The van der Waals surface area contributed by atoms with Gasteiger partial charge in [0.15, 0.2) is 0 Å². The molecular weight excluding hydrogens is 344 g/mol. The number of nitrogens with zero attached hydrogens (tertiary/aromatic N) is 3. The highest BCUT2D eigenvalue weighted by atomic mass is 16.5. The van der Waals surface area contributed by atoms with Gasteiger partial charge in [-0.05, 0) is 43.5 Å².